The molecule has 1 aromatic rings. The van der Waals surface area contributed by atoms with Gasteiger partial charge in [0, 0.05) is 5.69 Å². The van der Waals surface area contributed by atoms with Crippen molar-refractivity contribution in [1.29, 1.82) is 0 Å². The summed E-state index contributed by atoms with van der Waals surface area (Å²) in [6.07, 6.45) is 4.45. The maximum Gasteiger partial charge on any atom is 0.0522 e. The van der Waals surface area contributed by atoms with Crippen molar-refractivity contribution in [2.24, 2.45) is 0 Å². The molecule has 1 aromatic heterocycles. The van der Waals surface area contributed by atoms with Crippen LogP contribution in [0.1, 0.15) is 30.5 Å². The third-order valence-corrected chi connectivity index (χ3v) is 2.09. The van der Waals surface area contributed by atoms with E-state index in [0.717, 1.165) is 0 Å². The first kappa shape index (κ1) is 5.03. The number of hydrogen-bond donors (Lipinski definition) is 1. The lowest BCUT2D eigenvalue weighted by atomic mass is 10.1. The molecule has 0 radical (unpaired) electrons. The molecule has 0 fully saturated rings. The summed E-state index contributed by atoms with van der Waals surface area (Å²) in [6.45, 7) is 2.24. The highest BCUT2D eigenvalue weighted by atomic mass is 15.1. The van der Waals surface area contributed by atoms with Crippen molar-refractivity contribution >= 4 is 0 Å². The van der Waals surface area contributed by atoms with E-state index < -0.39 is 0 Å². The molecule has 0 saturated carbocycles. The third-order valence-electron chi connectivity index (χ3n) is 2.09. The average molecular weight is 122 g/mol. The number of fused-ring (bicyclic) bond motifs is 1. The summed E-state index contributed by atoms with van der Waals surface area (Å²) in [5.41, 5.74) is 2.78. The Morgan fingerprint density at radius 3 is 3.44 bits per heavy atom. The monoisotopic (exact) mass is 122 g/mol. The molecule has 0 bridgehead atoms. The van der Waals surface area contributed by atoms with Gasteiger partial charge in [-0.1, -0.05) is 6.92 Å². The van der Waals surface area contributed by atoms with Gasteiger partial charge in [-0.3, -0.25) is 5.10 Å². The van der Waals surface area contributed by atoms with E-state index in [-0.39, 0.29) is 0 Å². The topological polar surface area (TPSA) is 28.7 Å². The van der Waals surface area contributed by atoms with Gasteiger partial charge in [-0.15, -0.1) is 0 Å². The largest absolute Gasteiger partial charge is 0.282 e. The van der Waals surface area contributed by atoms with E-state index in [2.05, 4.69) is 17.1 Å². The van der Waals surface area contributed by atoms with E-state index in [1.165, 1.54) is 24.1 Å². The molecule has 0 aromatic carbocycles. The van der Waals surface area contributed by atoms with Crippen LogP contribution in [0.5, 0.6) is 0 Å². The molecule has 1 unspecified atom stereocenters. The SMILES string of the molecule is CC1CCc2cn[nH]c21. The Morgan fingerprint density at radius 1 is 1.78 bits per heavy atom. The van der Waals surface area contributed by atoms with E-state index in [4.69, 9.17) is 0 Å². The molecule has 1 heterocycles. The molecule has 0 aliphatic heterocycles. The van der Waals surface area contributed by atoms with Gasteiger partial charge in [-0.2, -0.15) is 5.10 Å². The smallest absolute Gasteiger partial charge is 0.0522 e. The molecule has 0 amide bonds. The van der Waals surface area contributed by atoms with Crippen LogP contribution in [0.3, 0.4) is 0 Å². The minimum Gasteiger partial charge on any atom is -0.282 e. The fraction of sp³-hybridized carbons (Fsp3) is 0.571. The summed E-state index contributed by atoms with van der Waals surface area (Å²) in [4.78, 5) is 0. The van der Waals surface area contributed by atoms with Gasteiger partial charge in [0.25, 0.3) is 0 Å². The van der Waals surface area contributed by atoms with Crippen LogP contribution in [0.15, 0.2) is 6.20 Å². The fourth-order valence-corrected chi connectivity index (χ4v) is 1.46. The molecular weight excluding hydrogens is 112 g/mol. The molecule has 9 heavy (non-hydrogen) atoms. The van der Waals surface area contributed by atoms with Gasteiger partial charge in [0.1, 0.15) is 0 Å². The molecule has 1 atom stereocenters. The Labute approximate surface area is 54.3 Å². The van der Waals surface area contributed by atoms with Crippen LogP contribution in [0.2, 0.25) is 0 Å². The Hall–Kier alpha value is -0.790. The van der Waals surface area contributed by atoms with E-state index in [9.17, 15) is 0 Å². The van der Waals surface area contributed by atoms with E-state index in [1.54, 1.807) is 0 Å². The zero-order chi connectivity index (χ0) is 6.27. The minimum absolute atomic E-state index is 0.711. The number of aryl methyl sites for hydroxylation is 1. The first-order chi connectivity index (χ1) is 4.38. The zero-order valence-electron chi connectivity index (χ0n) is 5.52. The summed E-state index contributed by atoms with van der Waals surface area (Å²) >= 11 is 0. The van der Waals surface area contributed by atoms with E-state index in [1.807, 2.05) is 6.20 Å². The molecule has 2 rings (SSSR count). The Bertz CT molecular complexity index is 214. The maximum absolute atomic E-state index is 3.97. The van der Waals surface area contributed by atoms with E-state index >= 15 is 0 Å². The predicted molar refractivity (Wildman–Crippen MR) is 35.3 cm³/mol. The third kappa shape index (κ3) is 0.590. The van der Waals surface area contributed by atoms with Crippen molar-refractivity contribution in [2.75, 3.05) is 0 Å². The Kier molecular flexibility index (Phi) is 0.891. The second-order valence-corrected chi connectivity index (χ2v) is 2.75. The Balaban J connectivity index is 2.49. The van der Waals surface area contributed by atoms with Crippen LogP contribution in [0, 0.1) is 0 Å². The first-order valence-electron chi connectivity index (χ1n) is 3.40. The lowest BCUT2D eigenvalue weighted by Gasteiger charge is -1.96. The van der Waals surface area contributed by atoms with Crippen molar-refractivity contribution in [1.82, 2.24) is 10.2 Å². The molecular formula is C7H10N2. The molecule has 1 N–H and O–H groups in total. The van der Waals surface area contributed by atoms with Crippen molar-refractivity contribution in [3.8, 4) is 0 Å². The summed E-state index contributed by atoms with van der Waals surface area (Å²) in [6, 6.07) is 0. The number of aromatic amines is 1. The highest BCUT2D eigenvalue weighted by molar-refractivity contribution is 5.25. The molecule has 1 aliphatic carbocycles. The maximum atomic E-state index is 3.97. The number of rotatable bonds is 0. The van der Waals surface area contributed by atoms with Crippen LogP contribution in [0.4, 0.5) is 0 Å². The average Bonchev–Trinajstić information content (AvgIpc) is 2.35. The van der Waals surface area contributed by atoms with Crippen LogP contribution in [0.25, 0.3) is 0 Å². The molecule has 2 nitrogen and oxygen atoms in total. The van der Waals surface area contributed by atoms with Gasteiger partial charge in [0.2, 0.25) is 0 Å². The summed E-state index contributed by atoms with van der Waals surface area (Å²) in [5, 5.41) is 6.99. The molecule has 2 heteroatoms. The highest BCUT2D eigenvalue weighted by Gasteiger charge is 2.19. The summed E-state index contributed by atoms with van der Waals surface area (Å²) in [5.74, 6) is 0.711. The van der Waals surface area contributed by atoms with Crippen LogP contribution in [-0.4, -0.2) is 10.2 Å². The van der Waals surface area contributed by atoms with Gasteiger partial charge in [-0.25, -0.2) is 0 Å². The summed E-state index contributed by atoms with van der Waals surface area (Å²) < 4.78 is 0. The molecule has 48 valence electrons. The standard InChI is InChI=1S/C7H10N2/c1-5-2-3-6-4-8-9-7(5)6/h4-5H,2-3H2,1H3,(H,8,9). The van der Waals surface area contributed by atoms with Gasteiger partial charge in [0.05, 0.1) is 6.20 Å². The van der Waals surface area contributed by atoms with Crippen LogP contribution >= 0.6 is 0 Å². The number of nitrogens with one attached hydrogen (secondary N) is 1. The number of nitrogens with zero attached hydrogens (tertiary/aromatic N) is 1. The number of hydrogen-bond acceptors (Lipinski definition) is 1. The fourth-order valence-electron chi connectivity index (χ4n) is 1.46. The van der Waals surface area contributed by atoms with Crippen molar-refractivity contribution < 1.29 is 0 Å². The molecule has 0 saturated heterocycles. The second-order valence-electron chi connectivity index (χ2n) is 2.75. The lowest BCUT2D eigenvalue weighted by molar-refractivity contribution is 0.715. The summed E-state index contributed by atoms with van der Waals surface area (Å²) in [7, 11) is 0. The van der Waals surface area contributed by atoms with Gasteiger partial charge >= 0.3 is 0 Å². The van der Waals surface area contributed by atoms with Crippen LogP contribution in [-0.2, 0) is 6.42 Å². The molecule has 0 spiro atoms. The van der Waals surface area contributed by atoms with E-state index in [0.29, 0.717) is 5.92 Å². The zero-order valence-corrected chi connectivity index (χ0v) is 5.52. The van der Waals surface area contributed by atoms with Crippen molar-refractivity contribution in [3.63, 3.8) is 0 Å². The van der Waals surface area contributed by atoms with Crippen molar-refractivity contribution in [3.05, 3.63) is 17.5 Å². The minimum atomic E-state index is 0.711. The van der Waals surface area contributed by atoms with Gasteiger partial charge in [0.15, 0.2) is 0 Å². The predicted octanol–water partition coefficient (Wildman–Crippen LogP) is 1.46. The number of H-pyrrole nitrogens is 1. The van der Waals surface area contributed by atoms with Gasteiger partial charge in [-0.05, 0) is 24.3 Å². The van der Waals surface area contributed by atoms with Crippen LogP contribution < -0.4 is 0 Å². The first-order valence-corrected chi connectivity index (χ1v) is 3.40. The normalized spacial score (nSPS) is 24.3. The van der Waals surface area contributed by atoms with Gasteiger partial charge < -0.3 is 0 Å². The Morgan fingerprint density at radius 2 is 2.67 bits per heavy atom. The second kappa shape index (κ2) is 1.59. The number of aromatic nitrogens is 2. The van der Waals surface area contributed by atoms with Crippen molar-refractivity contribution in [2.45, 2.75) is 25.7 Å². The quantitative estimate of drug-likeness (QED) is 0.554. The lowest BCUT2D eigenvalue weighted by Crippen LogP contribution is -1.86. The highest BCUT2D eigenvalue weighted by Crippen LogP contribution is 2.29. The molecule has 1 aliphatic rings.